The molecule has 0 unspecified atom stereocenters. The van der Waals surface area contributed by atoms with Crippen LogP contribution in [0, 0.1) is 18.7 Å². The normalized spacial score (nSPS) is 21.0. The van der Waals surface area contributed by atoms with Crippen LogP contribution in [0.25, 0.3) is 0 Å². The van der Waals surface area contributed by atoms with Gasteiger partial charge < -0.3 is 10.0 Å². The van der Waals surface area contributed by atoms with E-state index in [9.17, 15) is 14.3 Å². The molecule has 7 heteroatoms. The number of hydrogen-bond donors (Lipinski definition) is 2. The predicted molar refractivity (Wildman–Crippen MR) is 83.8 cm³/mol. The van der Waals surface area contributed by atoms with Crippen LogP contribution in [-0.2, 0) is 6.42 Å². The summed E-state index contributed by atoms with van der Waals surface area (Å²) >= 11 is 5.94. The number of nitrogens with one attached hydrogen (secondary N) is 1. The third-order valence-corrected chi connectivity index (χ3v) is 4.40. The Balaban J connectivity index is 1.71. The van der Waals surface area contributed by atoms with Gasteiger partial charge in [0.15, 0.2) is 0 Å². The Morgan fingerprint density at radius 1 is 1.48 bits per heavy atom. The van der Waals surface area contributed by atoms with Gasteiger partial charge >= 0.3 is 0 Å². The Kier molecular flexibility index (Phi) is 4.37. The Hall–Kier alpha value is -1.92. The zero-order valence-electron chi connectivity index (χ0n) is 12.6. The van der Waals surface area contributed by atoms with Crippen molar-refractivity contribution in [3.63, 3.8) is 0 Å². The first-order valence-corrected chi connectivity index (χ1v) is 7.75. The molecule has 122 valence electrons. The fourth-order valence-electron chi connectivity index (χ4n) is 2.90. The number of aromatic nitrogens is 2. The minimum absolute atomic E-state index is 0.0795. The van der Waals surface area contributed by atoms with Crippen LogP contribution in [0.15, 0.2) is 24.3 Å². The smallest absolute Gasteiger partial charge is 0.255 e. The number of halogens is 2. The predicted octanol–water partition coefficient (Wildman–Crippen LogP) is 2.19. The summed E-state index contributed by atoms with van der Waals surface area (Å²) in [7, 11) is 0. The molecule has 0 saturated carbocycles. The van der Waals surface area contributed by atoms with Crippen molar-refractivity contribution in [3.05, 3.63) is 52.1 Å². The van der Waals surface area contributed by atoms with E-state index in [4.69, 9.17) is 11.6 Å². The molecule has 0 spiro atoms. The van der Waals surface area contributed by atoms with Gasteiger partial charge in [0, 0.05) is 24.7 Å². The highest BCUT2D eigenvalue weighted by Crippen LogP contribution is 2.25. The van der Waals surface area contributed by atoms with Crippen molar-refractivity contribution < 1.29 is 14.3 Å². The summed E-state index contributed by atoms with van der Waals surface area (Å²) in [6.07, 6.45) is -0.0259. The summed E-state index contributed by atoms with van der Waals surface area (Å²) in [5.74, 6) is -0.865. The topological polar surface area (TPSA) is 69.2 Å². The van der Waals surface area contributed by atoms with Gasteiger partial charge in [-0.2, -0.15) is 5.10 Å². The maximum absolute atomic E-state index is 13.1. The lowest BCUT2D eigenvalue weighted by atomic mass is 10.0. The standard InChI is InChI=1S/C16H17ClFN3O2/c1-9-4-12(20-19-9)5-10-7-21(8-15(10)22)16(23)13-3-2-11(18)6-14(13)17/h2-4,6,10,15,22H,5,7-8H2,1H3,(H,19,20)/t10-,15-/m1/s1. The quantitative estimate of drug-likeness (QED) is 0.902. The van der Waals surface area contributed by atoms with Crippen molar-refractivity contribution in [1.29, 1.82) is 0 Å². The van der Waals surface area contributed by atoms with Crippen LogP contribution < -0.4 is 0 Å². The van der Waals surface area contributed by atoms with Crippen LogP contribution >= 0.6 is 11.6 Å². The molecule has 0 aliphatic carbocycles. The average Bonchev–Trinajstić information content (AvgIpc) is 3.05. The highest BCUT2D eigenvalue weighted by atomic mass is 35.5. The van der Waals surface area contributed by atoms with Crippen molar-refractivity contribution in [3.8, 4) is 0 Å². The molecular formula is C16H17ClFN3O2. The Bertz CT molecular complexity index is 734. The number of hydrogen-bond acceptors (Lipinski definition) is 3. The van der Waals surface area contributed by atoms with Gasteiger partial charge in [0.25, 0.3) is 5.91 Å². The van der Waals surface area contributed by atoms with Crippen molar-refractivity contribution in [2.75, 3.05) is 13.1 Å². The van der Waals surface area contributed by atoms with Crippen molar-refractivity contribution >= 4 is 17.5 Å². The number of carbonyl (C=O) groups excluding carboxylic acids is 1. The van der Waals surface area contributed by atoms with Gasteiger partial charge in [-0.05, 0) is 37.6 Å². The number of carbonyl (C=O) groups is 1. The molecule has 1 saturated heterocycles. The molecule has 1 aromatic carbocycles. The lowest BCUT2D eigenvalue weighted by molar-refractivity contribution is 0.0764. The number of amides is 1. The van der Waals surface area contributed by atoms with Crippen LogP contribution in [0.5, 0.6) is 0 Å². The summed E-state index contributed by atoms with van der Waals surface area (Å²) in [6, 6.07) is 5.62. The molecule has 2 atom stereocenters. The van der Waals surface area contributed by atoms with Crippen LogP contribution in [0.1, 0.15) is 21.7 Å². The second-order valence-corrected chi connectivity index (χ2v) is 6.32. The molecule has 1 fully saturated rings. The zero-order chi connectivity index (χ0) is 16.6. The first-order chi connectivity index (χ1) is 10.9. The first kappa shape index (κ1) is 16.0. The summed E-state index contributed by atoms with van der Waals surface area (Å²) in [6.45, 7) is 2.56. The van der Waals surface area contributed by atoms with Gasteiger partial charge in [-0.1, -0.05) is 11.6 Å². The molecule has 0 bridgehead atoms. The average molecular weight is 338 g/mol. The summed E-state index contributed by atoms with van der Waals surface area (Å²) in [5, 5.41) is 17.3. The number of aromatic amines is 1. The van der Waals surface area contributed by atoms with E-state index in [0.717, 1.165) is 17.5 Å². The number of benzene rings is 1. The van der Waals surface area contributed by atoms with Gasteiger partial charge in [-0.25, -0.2) is 4.39 Å². The summed E-state index contributed by atoms with van der Waals surface area (Å²) in [5.41, 5.74) is 2.07. The van der Waals surface area contributed by atoms with Gasteiger partial charge in [0.1, 0.15) is 5.82 Å². The van der Waals surface area contributed by atoms with E-state index in [-0.39, 0.29) is 29.0 Å². The van der Waals surface area contributed by atoms with E-state index in [1.807, 2.05) is 13.0 Å². The van der Waals surface area contributed by atoms with Gasteiger partial charge in [-0.15, -0.1) is 0 Å². The second kappa shape index (κ2) is 6.29. The third-order valence-electron chi connectivity index (χ3n) is 4.09. The molecule has 3 rings (SSSR count). The van der Waals surface area contributed by atoms with Crippen molar-refractivity contribution in [2.45, 2.75) is 19.4 Å². The summed E-state index contributed by atoms with van der Waals surface area (Å²) in [4.78, 5) is 14.1. The fourth-order valence-corrected chi connectivity index (χ4v) is 3.15. The molecule has 1 aliphatic heterocycles. The van der Waals surface area contributed by atoms with Crippen molar-refractivity contribution in [2.24, 2.45) is 5.92 Å². The van der Waals surface area contributed by atoms with Crippen LogP contribution in [0.4, 0.5) is 4.39 Å². The molecule has 1 amide bonds. The molecule has 0 radical (unpaired) electrons. The number of likely N-dealkylation sites (tertiary alicyclic amines) is 1. The summed E-state index contributed by atoms with van der Waals surface area (Å²) < 4.78 is 13.1. The SMILES string of the molecule is Cc1cc(C[C@@H]2CN(C(=O)c3ccc(F)cc3Cl)C[C@H]2O)n[nH]1. The monoisotopic (exact) mass is 337 g/mol. The van der Waals surface area contributed by atoms with Crippen molar-refractivity contribution in [1.82, 2.24) is 15.1 Å². The van der Waals surface area contributed by atoms with Gasteiger partial charge in [0.05, 0.1) is 22.4 Å². The van der Waals surface area contributed by atoms with Crippen LogP contribution in [0.3, 0.4) is 0 Å². The molecule has 1 aliphatic rings. The maximum atomic E-state index is 13.1. The van der Waals surface area contributed by atoms with E-state index in [2.05, 4.69) is 10.2 Å². The minimum Gasteiger partial charge on any atom is -0.391 e. The lowest BCUT2D eigenvalue weighted by Gasteiger charge is -2.16. The number of aryl methyl sites for hydroxylation is 1. The maximum Gasteiger partial charge on any atom is 0.255 e. The molecule has 1 aromatic heterocycles. The molecule has 2 heterocycles. The van der Waals surface area contributed by atoms with E-state index < -0.39 is 11.9 Å². The lowest BCUT2D eigenvalue weighted by Crippen LogP contribution is -2.29. The van der Waals surface area contributed by atoms with Crippen LogP contribution in [-0.4, -0.2) is 45.3 Å². The zero-order valence-corrected chi connectivity index (χ0v) is 13.3. The van der Waals surface area contributed by atoms with E-state index in [1.54, 1.807) is 4.90 Å². The largest absolute Gasteiger partial charge is 0.391 e. The first-order valence-electron chi connectivity index (χ1n) is 7.37. The fraction of sp³-hybridized carbons (Fsp3) is 0.375. The molecule has 5 nitrogen and oxygen atoms in total. The van der Waals surface area contributed by atoms with E-state index in [1.165, 1.54) is 12.1 Å². The number of nitrogens with zero attached hydrogens (tertiary/aromatic N) is 2. The Morgan fingerprint density at radius 2 is 2.26 bits per heavy atom. The molecule has 23 heavy (non-hydrogen) atoms. The molecular weight excluding hydrogens is 321 g/mol. The van der Waals surface area contributed by atoms with Gasteiger partial charge in [0.2, 0.25) is 0 Å². The molecule has 2 aromatic rings. The minimum atomic E-state index is -0.616. The second-order valence-electron chi connectivity index (χ2n) is 5.91. The molecule has 2 N–H and O–H groups in total. The Labute approximate surface area is 138 Å². The Morgan fingerprint density at radius 3 is 2.91 bits per heavy atom. The van der Waals surface area contributed by atoms with E-state index >= 15 is 0 Å². The van der Waals surface area contributed by atoms with Gasteiger partial charge in [-0.3, -0.25) is 9.89 Å². The highest BCUT2D eigenvalue weighted by molar-refractivity contribution is 6.33. The number of aliphatic hydroxyl groups is 1. The third kappa shape index (κ3) is 3.38. The number of β-amino-alcohol motifs (C(OH)–C–C–N with tert-alkyl or cyclic N) is 1. The highest BCUT2D eigenvalue weighted by Gasteiger charge is 2.35. The number of H-pyrrole nitrogens is 1. The number of rotatable bonds is 3. The van der Waals surface area contributed by atoms with Crippen LogP contribution in [0.2, 0.25) is 5.02 Å². The van der Waals surface area contributed by atoms with E-state index in [0.29, 0.717) is 13.0 Å². The number of aliphatic hydroxyl groups excluding tert-OH is 1.